The molecular formula is C24H31N3O3. The number of carbonyl (C=O) groups excluding carboxylic acids is 1. The van der Waals surface area contributed by atoms with Gasteiger partial charge in [0, 0.05) is 19.0 Å². The lowest BCUT2D eigenvalue weighted by molar-refractivity contribution is -0.121. The van der Waals surface area contributed by atoms with Gasteiger partial charge in [-0.2, -0.15) is 0 Å². The maximum absolute atomic E-state index is 12.1. The van der Waals surface area contributed by atoms with E-state index in [1.165, 1.54) is 0 Å². The minimum atomic E-state index is -0.135. The van der Waals surface area contributed by atoms with Crippen LogP contribution >= 0.6 is 0 Å². The van der Waals surface area contributed by atoms with E-state index in [1.54, 1.807) is 7.11 Å². The SMILES string of the molecule is CCCC(=O)NC(C)c1nc2ccccc2n1CCCCOc1cccc(OC)c1. The van der Waals surface area contributed by atoms with Crippen LogP contribution in [-0.4, -0.2) is 29.2 Å². The van der Waals surface area contributed by atoms with Crippen LogP contribution in [0.2, 0.25) is 0 Å². The van der Waals surface area contributed by atoms with Gasteiger partial charge in [0.15, 0.2) is 0 Å². The van der Waals surface area contributed by atoms with E-state index in [1.807, 2.05) is 56.3 Å². The lowest BCUT2D eigenvalue weighted by Gasteiger charge is -2.16. The molecule has 6 nitrogen and oxygen atoms in total. The summed E-state index contributed by atoms with van der Waals surface area (Å²) >= 11 is 0. The minimum absolute atomic E-state index is 0.0651. The van der Waals surface area contributed by atoms with Crippen molar-refractivity contribution >= 4 is 16.9 Å². The molecule has 160 valence electrons. The number of benzene rings is 2. The van der Waals surface area contributed by atoms with Gasteiger partial charge in [-0.05, 0) is 50.5 Å². The highest BCUT2D eigenvalue weighted by atomic mass is 16.5. The predicted molar refractivity (Wildman–Crippen MR) is 119 cm³/mol. The summed E-state index contributed by atoms with van der Waals surface area (Å²) in [7, 11) is 1.65. The van der Waals surface area contributed by atoms with Gasteiger partial charge >= 0.3 is 0 Å². The largest absolute Gasteiger partial charge is 0.497 e. The number of ether oxygens (including phenoxy) is 2. The van der Waals surface area contributed by atoms with Gasteiger partial charge in [0.05, 0.1) is 30.8 Å². The van der Waals surface area contributed by atoms with Gasteiger partial charge in [-0.1, -0.05) is 25.1 Å². The molecule has 1 heterocycles. The number of para-hydroxylation sites is 2. The zero-order chi connectivity index (χ0) is 21.3. The summed E-state index contributed by atoms with van der Waals surface area (Å²) in [5, 5.41) is 3.07. The van der Waals surface area contributed by atoms with E-state index in [4.69, 9.17) is 14.5 Å². The highest BCUT2D eigenvalue weighted by Gasteiger charge is 2.17. The van der Waals surface area contributed by atoms with Crippen molar-refractivity contribution in [2.24, 2.45) is 0 Å². The van der Waals surface area contributed by atoms with Crippen LogP contribution in [0.3, 0.4) is 0 Å². The molecule has 1 atom stereocenters. The molecule has 0 radical (unpaired) electrons. The Labute approximate surface area is 178 Å². The molecule has 0 aliphatic heterocycles. The molecule has 1 amide bonds. The molecule has 1 unspecified atom stereocenters. The number of fused-ring (bicyclic) bond motifs is 1. The average molecular weight is 410 g/mol. The molecule has 0 spiro atoms. The Morgan fingerprint density at radius 3 is 2.73 bits per heavy atom. The van der Waals surface area contributed by atoms with Gasteiger partial charge < -0.3 is 19.4 Å². The molecule has 2 aromatic carbocycles. The number of hydrogen-bond donors (Lipinski definition) is 1. The first kappa shape index (κ1) is 21.7. The van der Waals surface area contributed by atoms with Crippen molar-refractivity contribution in [1.82, 2.24) is 14.9 Å². The third-order valence-corrected chi connectivity index (χ3v) is 5.01. The van der Waals surface area contributed by atoms with Crippen LogP contribution in [0.4, 0.5) is 0 Å². The second-order valence-electron chi connectivity index (χ2n) is 7.38. The topological polar surface area (TPSA) is 65.4 Å². The fourth-order valence-corrected chi connectivity index (χ4v) is 3.52. The van der Waals surface area contributed by atoms with E-state index < -0.39 is 0 Å². The Kier molecular flexibility index (Phi) is 7.71. The fourth-order valence-electron chi connectivity index (χ4n) is 3.52. The van der Waals surface area contributed by atoms with E-state index in [2.05, 4.69) is 16.0 Å². The zero-order valence-corrected chi connectivity index (χ0v) is 18.1. The summed E-state index contributed by atoms with van der Waals surface area (Å²) in [6.07, 6.45) is 3.24. The van der Waals surface area contributed by atoms with Crippen LogP contribution in [0, 0.1) is 0 Å². The van der Waals surface area contributed by atoms with Crippen molar-refractivity contribution in [2.75, 3.05) is 13.7 Å². The second kappa shape index (κ2) is 10.7. The molecule has 1 N–H and O–H groups in total. The lowest BCUT2D eigenvalue weighted by atomic mass is 10.2. The number of nitrogens with zero attached hydrogens (tertiary/aromatic N) is 2. The Morgan fingerprint density at radius 1 is 1.13 bits per heavy atom. The maximum atomic E-state index is 12.1. The van der Waals surface area contributed by atoms with Gasteiger partial charge in [-0.25, -0.2) is 4.98 Å². The third kappa shape index (κ3) is 5.53. The molecule has 6 heteroatoms. The number of hydrogen-bond acceptors (Lipinski definition) is 4. The number of rotatable bonds is 11. The van der Waals surface area contributed by atoms with Crippen LogP contribution in [0.15, 0.2) is 48.5 Å². The van der Waals surface area contributed by atoms with E-state index in [9.17, 15) is 4.79 Å². The average Bonchev–Trinajstić information content (AvgIpc) is 3.12. The standard InChI is InChI=1S/C24H31N3O3/c1-4-10-23(28)25-18(2)24-26-21-13-5-6-14-22(21)27(24)15-7-8-16-30-20-12-9-11-19(17-20)29-3/h5-6,9,11-14,17-18H,4,7-8,10,15-16H2,1-3H3,(H,25,28). The molecule has 3 rings (SSSR count). The highest BCUT2D eigenvalue weighted by molar-refractivity contribution is 5.78. The minimum Gasteiger partial charge on any atom is -0.497 e. The Bertz CT molecular complexity index is 967. The number of unbranched alkanes of at least 4 members (excludes halogenated alkanes) is 1. The lowest BCUT2D eigenvalue weighted by Crippen LogP contribution is -2.28. The molecule has 0 aliphatic rings. The smallest absolute Gasteiger partial charge is 0.220 e. The van der Waals surface area contributed by atoms with E-state index >= 15 is 0 Å². The number of amides is 1. The second-order valence-corrected chi connectivity index (χ2v) is 7.38. The fraction of sp³-hybridized carbons (Fsp3) is 0.417. The van der Waals surface area contributed by atoms with Gasteiger partial charge in [0.2, 0.25) is 5.91 Å². The van der Waals surface area contributed by atoms with E-state index in [0.29, 0.717) is 13.0 Å². The van der Waals surface area contributed by atoms with Crippen LogP contribution < -0.4 is 14.8 Å². The maximum Gasteiger partial charge on any atom is 0.220 e. The summed E-state index contributed by atoms with van der Waals surface area (Å²) < 4.78 is 13.3. The van der Waals surface area contributed by atoms with Crippen molar-refractivity contribution in [1.29, 1.82) is 0 Å². The molecule has 0 saturated carbocycles. The molecule has 0 aliphatic carbocycles. The molecule has 3 aromatic rings. The summed E-state index contributed by atoms with van der Waals surface area (Å²) in [5.74, 6) is 2.57. The molecule has 0 fully saturated rings. The van der Waals surface area contributed by atoms with Gasteiger partial charge in [0.1, 0.15) is 17.3 Å². The summed E-state index contributed by atoms with van der Waals surface area (Å²) in [4.78, 5) is 16.9. The molecule has 1 aromatic heterocycles. The van der Waals surface area contributed by atoms with Gasteiger partial charge in [-0.15, -0.1) is 0 Å². The number of carbonyl (C=O) groups is 1. The van der Waals surface area contributed by atoms with Gasteiger partial charge in [-0.3, -0.25) is 4.79 Å². The molecular weight excluding hydrogens is 378 g/mol. The van der Waals surface area contributed by atoms with Gasteiger partial charge in [0.25, 0.3) is 0 Å². The third-order valence-electron chi connectivity index (χ3n) is 5.01. The molecule has 0 bridgehead atoms. The Hall–Kier alpha value is -3.02. The van der Waals surface area contributed by atoms with Crippen molar-refractivity contribution in [3.63, 3.8) is 0 Å². The van der Waals surface area contributed by atoms with Crippen LogP contribution in [0.25, 0.3) is 11.0 Å². The highest BCUT2D eigenvalue weighted by Crippen LogP contribution is 2.22. The quantitative estimate of drug-likeness (QED) is 0.458. The molecule has 0 saturated heterocycles. The van der Waals surface area contributed by atoms with E-state index in [-0.39, 0.29) is 11.9 Å². The Morgan fingerprint density at radius 2 is 1.93 bits per heavy atom. The van der Waals surface area contributed by atoms with Crippen LogP contribution in [-0.2, 0) is 11.3 Å². The summed E-state index contributed by atoms with van der Waals surface area (Å²) in [6.45, 7) is 5.47. The van der Waals surface area contributed by atoms with E-state index in [0.717, 1.165) is 54.2 Å². The zero-order valence-electron chi connectivity index (χ0n) is 18.1. The molecule has 30 heavy (non-hydrogen) atoms. The number of imidazole rings is 1. The number of aryl methyl sites for hydroxylation is 1. The Balaban J connectivity index is 1.62. The van der Waals surface area contributed by atoms with Crippen LogP contribution in [0.1, 0.15) is 51.4 Å². The first-order valence-electron chi connectivity index (χ1n) is 10.6. The van der Waals surface area contributed by atoms with Crippen molar-refractivity contribution in [2.45, 2.75) is 52.1 Å². The first-order chi connectivity index (χ1) is 14.6. The summed E-state index contributed by atoms with van der Waals surface area (Å²) in [5.41, 5.74) is 2.05. The predicted octanol–water partition coefficient (Wildman–Crippen LogP) is 4.88. The van der Waals surface area contributed by atoms with Crippen molar-refractivity contribution in [3.8, 4) is 11.5 Å². The first-order valence-corrected chi connectivity index (χ1v) is 10.6. The summed E-state index contributed by atoms with van der Waals surface area (Å²) in [6, 6.07) is 15.6. The van der Waals surface area contributed by atoms with Crippen LogP contribution in [0.5, 0.6) is 11.5 Å². The number of aromatic nitrogens is 2. The van der Waals surface area contributed by atoms with Crippen molar-refractivity contribution in [3.05, 3.63) is 54.4 Å². The number of nitrogens with one attached hydrogen (secondary N) is 1. The normalized spacial score (nSPS) is 12.0. The van der Waals surface area contributed by atoms with Crippen molar-refractivity contribution < 1.29 is 14.3 Å². The number of methoxy groups -OCH3 is 1. The monoisotopic (exact) mass is 409 g/mol.